The van der Waals surface area contributed by atoms with Crippen LogP contribution in [0.5, 0.6) is 0 Å². The van der Waals surface area contributed by atoms with Gasteiger partial charge < -0.3 is 16.4 Å². The average Bonchev–Trinajstić information content (AvgIpc) is 3.12. The fraction of sp³-hybridized carbons (Fsp3) is 0.421. The lowest BCUT2D eigenvalue weighted by Crippen LogP contribution is -2.36. The van der Waals surface area contributed by atoms with Gasteiger partial charge in [0.05, 0.1) is 5.01 Å². The van der Waals surface area contributed by atoms with E-state index in [9.17, 15) is 9.59 Å². The summed E-state index contributed by atoms with van der Waals surface area (Å²) in [6.45, 7) is 0.513. The van der Waals surface area contributed by atoms with Gasteiger partial charge in [-0.05, 0) is 43.7 Å². The number of nitrogens with two attached hydrogens (primary N) is 1. The van der Waals surface area contributed by atoms with Crippen molar-refractivity contribution in [3.05, 3.63) is 45.9 Å². The predicted octanol–water partition coefficient (Wildman–Crippen LogP) is 3.38. The number of amides is 2. The highest BCUT2D eigenvalue weighted by molar-refractivity contribution is 7.09. The van der Waals surface area contributed by atoms with Gasteiger partial charge in [0.2, 0.25) is 0 Å². The van der Waals surface area contributed by atoms with E-state index >= 15 is 0 Å². The molecule has 0 spiro atoms. The Morgan fingerprint density at radius 3 is 2.48 bits per heavy atom. The topological polar surface area (TPSA) is 97.1 Å². The van der Waals surface area contributed by atoms with Crippen molar-refractivity contribution in [2.45, 2.75) is 44.6 Å². The molecule has 2 aromatic rings. The standard InChI is InChI=1S/C19H24N4O2S.ClH/c20-11-10-17-23-16(12-26-17)19(25)22-15-8-6-13(7-9-15)18(24)21-14-4-2-1-3-5-14;/h6-9,12,14H,1-5,10-11,20H2,(H,21,24)(H,22,25);1H. The van der Waals surface area contributed by atoms with Gasteiger partial charge in [-0.3, -0.25) is 9.59 Å². The van der Waals surface area contributed by atoms with Crippen molar-refractivity contribution >= 4 is 41.2 Å². The maximum absolute atomic E-state index is 12.3. The van der Waals surface area contributed by atoms with Gasteiger partial charge in [0.1, 0.15) is 5.69 Å². The van der Waals surface area contributed by atoms with E-state index in [0.717, 1.165) is 17.8 Å². The molecule has 27 heavy (non-hydrogen) atoms. The predicted molar refractivity (Wildman–Crippen MR) is 111 cm³/mol. The zero-order chi connectivity index (χ0) is 18.4. The van der Waals surface area contributed by atoms with Crippen molar-refractivity contribution in [3.8, 4) is 0 Å². The van der Waals surface area contributed by atoms with Crippen LogP contribution in [0.4, 0.5) is 5.69 Å². The van der Waals surface area contributed by atoms with Crippen molar-refractivity contribution < 1.29 is 9.59 Å². The molecule has 8 heteroatoms. The lowest BCUT2D eigenvalue weighted by atomic mass is 9.95. The lowest BCUT2D eigenvalue weighted by molar-refractivity contribution is 0.0927. The van der Waals surface area contributed by atoms with Crippen LogP contribution in [0.2, 0.25) is 0 Å². The summed E-state index contributed by atoms with van der Waals surface area (Å²) in [6.07, 6.45) is 6.40. The lowest BCUT2D eigenvalue weighted by Gasteiger charge is -2.22. The Morgan fingerprint density at radius 1 is 1.11 bits per heavy atom. The quantitative estimate of drug-likeness (QED) is 0.682. The number of halogens is 1. The minimum absolute atomic E-state index is 0. The monoisotopic (exact) mass is 408 g/mol. The van der Waals surface area contributed by atoms with Crippen LogP contribution in [0, 0.1) is 0 Å². The highest BCUT2D eigenvalue weighted by atomic mass is 35.5. The highest BCUT2D eigenvalue weighted by Gasteiger charge is 2.17. The third kappa shape index (κ3) is 6.02. The van der Waals surface area contributed by atoms with Gasteiger partial charge in [-0.15, -0.1) is 23.7 Å². The summed E-state index contributed by atoms with van der Waals surface area (Å²) in [5.41, 5.74) is 7.13. The SMILES string of the molecule is Cl.NCCc1nc(C(=O)Nc2ccc(C(=O)NC3CCCCC3)cc2)cs1. The van der Waals surface area contributed by atoms with E-state index in [2.05, 4.69) is 15.6 Å². The third-order valence-corrected chi connectivity index (χ3v) is 5.40. The summed E-state index contributed by atoms with van der Waals surface area (Å²) in [7, 11) is 0. The second-order valence-corrected chi connectivity index (χ2v) is 7.45. The zero-order valence-corrected chi connectivity index (χ0v) is 16.7. The van der Waals surface area contributed by atoms with Gasteiger partial charge >= 0.3 is 0 Å². The van der Waals surface area contributed by atoms with Crippen LogP contribution in [-0.2, 0) is 6.42 Å². The van der Waals surface area contributed by atoms with E-state index in [1.807, 2.05) is 0 Å². The molecule has 2 amide bonds. The largest absolute Gasteiger partial charge is 0.349 e. The number of nitrogens with one attached hydrogen (secondary N) is 2. The summed E-state index contributed by atoms with van der Waals surface area (Å²) in [5.74, 6) is -0.315. The fourth-order valence-electron chi connectivity index (χ4n) is 3.07. The molecule has 1 fully saturated rings. The molecule has 1 aromatic heterocycles. The second kappa shape index (κ2) is 10.4. The van der Waals surface area contributed by atoms with Gasteiger partial charge in [-0.2, -0.15) is 0 Å². The summed E-state index contributed by atoms with van der Waals surface area (Å²) < 4.78 is 0. The van der Waals surface area contributed by atoms with Crippen LogP contribution in [0.3, 0.4) is 0 Å². The Labute approximate surface area is 169 Å². The molecule has 3 rings (SSSR count). The third-order valence-electron chi connectivity index (χ3n) is 4.49. The van der Waals surface area contributed by atoms with Gasteiger partial charge in [-0.1, -0.05) is 19.3 Å². The van der Waals surface area contributed by atoms with Crippen LogP contribution < -0.4 is 16.4 Å². The first kappa shape index (κ1) is 21.3. The number of carbonyl (C=O) groups is 2. The van der Waals surface area contributed by atoms with E-state index < -0.39 is 0 Å². The van der Waals surface area contributed by atoms with Crippen molar-refractivity contribution in [1.82, 2.24) is 10.3 Å². The first-order chi connectivity index (χ1) is 12.7. The minimum atomic E-state index is -0.260. The summed E-state index contributed by atoms with van der Waals surface area (Å²) in [6, 6.07) is 7.22. The van der Waals surface area contributed by atoms with Gasteiger partial charge in [0.15, 0.2) is 0 Å². The Morgan fingerprint density at radius 2 is 1.81 bits per heavy atom. The van der Waals surface area contributed by atoms with Crippen molar-refractivity contribution in [1.29, 1.82) is 0 Å². The number of nitrogens with zero attached hydrogens (tertiary/aromatic N) is 1. The van der Waals surface area contributed by atoms with Gasteiger partial charge in [0.25, 0.3) is 11.8 Å². The Hall–Kier alpha value is -1.96. The van der Waals surface area contributed by atoms with Crippen molar-refractivity contribution in [2.75, 3.05) is 11.9 Å². The summed E-state index contributed by atoms with van der Waals surface area (Å²) >= 11 is 1.43. The minimum Gasteiger partial charge on any atom is -0.349 e. The van der Waals surface area contributed by atoms with Crippen LogP contribution in [0.25, 0.3) is 0 Å². The molecule has 146 valence electrons. The summed E-state index contributed by atoms with van der Waals surface area (Å²) in [5, 5.41) is 8.48. The van der Waals surface area contributed by atoms with E-state index in [1.54, 1.807) is 29.6 Å². The highest BCUT2D eigenvalue weighted by Crippen LogP contribution is 2.18. The molecule has 1 aliphatic carbocycles. The molecule has 0 atom stereocenters. The van der Waals surface area contributed by atoms with Crippen molar-refractivity contribution in [2.24, 2.45) is 5.73 Å². The number of anilines is 1. The van der Waals surface area contributed by atoms with E-state index in [-0.39, 0.29) is 30.3 Å². The number of hydrogen-bond acceptors (Lipinski definition) is 5. The number of carbonyl (C=O) groups excluding carboxylic acids is 2. The first-order valence-electron chi connectivity index (χ1n) is 9.02. The molecule has 1 saturated carbocycles. The van der Waals surface area contributed by atoms with Crippen LogP contribution in [0.15, 0.2) is 29.6 Å². The number of rotatable bonds is 6. The molecule has 0 unspecified atom stereocenters. The first-order valence-corrected chi connectivity index (χ1v) is 9.90. The molecule has 1 aromatic carbocycles. The van der Waals surface area contributed by atoms with Crippen molar-refractivity contribution in [3.63, 3.8) is 0 Å². The fourth-order valence-corrected chi connectivity index (χ4v) is 3.86. The van der Waals surface area contributed by atoms with Gasteiger partial charge in [-0.25, -0.2) is 4.98 Å². The smallest absolute Gasteiger partial charge is 0.275 e. The molecule has 6 nitrogen and oxygen atoms in total. The van der Waals surface area contributed by atoms with Gasteiger partial charge in [0, 0.05) is 29.1 Å². The maximum Gasteiger partial charge on any atom is 0.275 e. The van der Waals surface area contributed by atoms with E-state index in [4.69, 9.17) is 5.73 Å². The average molecular weight is 409 g/mol. The number of hydrogen-bond donors (Lipinski definition) is 3. The number of aromatic nitrogens is 1. The normalized spacial score (nSPS) is 14.3. The molecule has 0 bridgehead atoms. The Balaban J connectivity index is 0.00000261. The van der Waals surface area contributed by atoms with E-state index in [0.29, 0.717) is 29.9 Å². The molecule has 0 saturated heterocycles. The second-order valence-electron chi connectivity index (χ2n) is 6.51. The maximum atomic E-state index is 12.3. The molecule has 1 aliphatic rings. The number of thiazole rings is 1. The number of benzene rings is 1. The molecular formula is C19H25ClN4O2S. The van der Waals surface area contributed by atoms with Crippen LogP contribution in [-0.4, -0.2) is 29.4 Å². The Kier molecular flexibility index (Phi) is 8.22. The van der Waals surface area contributed by atoms with Crippen LogP contribution >= 0.6 is 23.7 Å². The molecule has 4 N–H and O–H groups in total. The zero-order valence-electron chi connectivity index (χ0n) is 15.1. The van der Waals surface area contributed by atoms with Crippen LogP contribution in [0.1, 0.15) is 58.0 Å². The molecular weight excluding hydrogens is 384 g/mol. The molecule has 0 aliphatic heterocycles. The summed E-state index contributed by atoms with van der Waals surface area (Å²) in [4.78, 5) is 28.8. The molecule has 1 heterocycles. The molecule has 0 radical (unpaired) electrons. The van der Waals surface area contributed by atoms with E-state index in [1.165, 1.54) is 30.6 Å². The Bertz CT molecular complexity index is 757.